The van der Waals surface area contributed by atoms with Crippen LogP contribution in [0.15, 0.2) is 36.7 Å². The lowest BCUT2D eigenvalue weighted by Gasteiger charge is -1.79. The molecule has 1 saturated heterocycles. The molecule has 2 heterocycles. The molecule has 2 heteroatoms. The Morgan fingerprint density at radius 3 is 2.00 bits per heavy atom. The molecule has 2 nitrogen and oxygen atoms in total. The van der Waals surface area contributed by atoms with Crippen LogP contribution in [0.1, 0.15) is 6.92 Å². The van der Waals surface area contributed by atoms with Crippen molar-refractivity contribution < 1.29 is 4.74 Å². The predicted octanol–water partition coefficient (Wildman–Crippen LogP) is 1.58. The number of allylic oxidation sites excluding steroid dienone is 4. The largest absolute Gasteiger partial charge is 0.373 e. The van der Waals surface area contributed by atoms with Crippen molar-refractivity contribution in [3.8, 4) is 0 Å². The first-order chi connectivity index (χ1) is 5.39. The molecular weight excluding hydrogens is 138 g/mol. The third kappa shape index (κ3) is 5.43. The first-order valence-corrected chi connectivity index (χ1v) is 3.75. The van der Waals surface area contributed by atoms with Gasteiger partial charge in [0.15, 0.2) is 0 Å². The van der Waals surface area contributed by atoms with E-state index >= 15 is 0 Å². The highest BCUT2D eigenvalue weighted by Gasteiger charge is 2.13. The van der Waals surface area contributed by atoms with Crippen LogP contribution in [0.5, 0.6) is 0 Å². The van der Waals surface area contributed by atoms with Crippen molar-refractivity contribution in [2.75, 3.05) is 6.61 Å². The molecular formula is C9H13NO. The van der Waals surface area contributed by atoms with Crippen LogP contribution < -0.4 is 5.32 Å². The van der Waals surface area contributed by atoms with Gasteiger partial charge in [-0.05, 0) is 19.1 Å². The molecule has 0 bridgehead atoms. The second-order valence-electron chi connectivity index (χ2n) is 2.41. The van der Waals surface area contributed by atoms with Gasteiger partial charge in [-0.1, -0.05) is 12.2 Å². The summed E-state index contributed by atoms with van der Waals surface area (Å²) in [5, 5.41) is 2.92. The maximum Gasteiger partial charge on any atom is 0.0781 e. The topological polar surface area (TPSA) is 24.6 Å². The highest BCUT2D eigenvalue weighted by molar-refractivity contribution is 5.14. The van der Waals surface area contributed by atoms with Gasteiger partial charge in [0.25, 0.3) is 0 Å². The van der Waals surface area contributed by atoms with Crippen molar-refractivity contribution in [1.82, 2.24) is 5.32 Å². The Hall–Kier alpha value is -1.02. The highest BCUT2D eigenvalue weighted by Crippen LogP contribution is 2.04. The number of hydrogen-bond acceptors (Lipinski definition) is 2. The zero-order chi connectivity index (χ0) is 7.94. The predicted molar refractivity (Wildman–Crippen MR) is 46.0 cm³/mol. The quantitative estimate of drug-likeness (QED) is 0.531. The van der Waals surface area contributed by atoms with Gasteiger partial charge in [-0.3, -0.25) is 0 Å². The molecule has 1 unspecified atom stereocenters. The average Bonchev–Trinajstić information content (AvgIpc) is 2.76. The van der Waals surface area contributed by atoms with Gasteiger partial charge in [-0.2, -0.15) is 0 Å². The summed E-state index contributed by atoms with van der Waals surface area (Å²) in [6, 6.07) is 0. The molecule has 0 aliphatic carbocycles. The lowest BCUT2D eigenvalue weighted by molar-refractivity contribution is 0.423. The van der Waals surface area contributed by atoms with E-state index in [1.54, 1.807) is 0 Å². The Balaban J connectivity index is 0.000000128. The summed E-state index contributed by atoms with van der Waals surface area (Å²) in [7, 11) is 0. The van der Waals surface area contributed by atoms with Crippen molar-refractivity contribution >= 4 is 0 Å². The van der Waals surface area contributed by atoms with E-state index < -0.39 is 0 Å². The standard InChI is InChI=1S/C6H7N.C3H6O/c1-2-4-6-7-5-3-1;1-3-2-4-3/h1-7H;3H,2H2,1H3. The number of ether oxygens (including phenoxy) is 1. The van der Waals surface area contributed by atoms with E-state index in [2.05, 4.69) is 12.2 Å². The molecule has 1 N–H and O–H groups in total. The summed E-state index contributed by atoms with van der Waals surface area (Å²) in [4.78, 5) is 0. The molecule has 2 aliphatic heterocycles. The summed E-state index contributed by atoms with van der Waals surface area (Å²) in [6.07, 6.45) is 12.2. The fraction of sp³-hybridized carbons (Fsp3) is 0.333. The number of nitrogens with one attached hydrogen (secondary N) is 1. The molecule has 0 amide bonds. The normalized spacial score (nSPS) is 24.6. The van der Waals surface area contributed by atoms with Gasteiger partial charge >= 0.3 is 0 Å². The maximum atomic E-state index is 4.71. The average molecular weight is 151 g/mol. The second-order valence-corrected chi connectivity index (χ2v) is 2.41. The Kier molecular flexibility index (Phi) is 3.48. The Bertz CT molecular complexity index is 164. The molecule has 2 aliphatic rings. The first kappa shape index (κ1) is 8.08. The zero-order valence-electron chi connectivity index (χ0n) is 6.66. The van der Waals surface area contributed by atoms with Crippen LogP contribution in [-0.2, 0) is 4.74 Å². The molecule has 0 spiro atoms. The molecule has 0 radical (unpaired) electrons. The molecule has 0 saturated carbocycles. The van der Waals surface area contributed by atoms with Gasteiger partial charge in [0.05, 0.1) is 12.7 Å². The van der Waals surface area contributed by atoms with Crippen LogP contribution in [0.25, 0.3) is 0 Å². The van der Waals surface area contributed by atoms with E-state index in [4.69, 9.17) is 4.74 Å². The van der Waals surface area contributed by atoms with E-state index in [0.717, 1.165) is 6.61 Å². The number of hydrogen-bond donors (Lipinski definition) is 1. The molecule has 60 valence electrons. The molecule has 0 aromatic rings. The third-order valence-corrected chi connectivity index (χ3v) is 1.22. The van der Waals surface area contributed by atoms with Crippen molar-refractivity contribution in [3.63, 3.8) is 0 Å². The van der Waals surface area contributed by atoms with Crippen molar-refractivity contribution in [2.45, 2.75) is 13.0 Å². The highest BCUT2D eigenvalue weighted by atomic mass is 16.6. The van der Waals surface area contributed by atoms with Gasteiger partial charge in [0.2, 0.25) is 0 Å². The van der Waals surface area contributed by atoms with Gasteiger partial charge < -0.3 is 10.1 Å². The smallest absolute Gasteiger partial charge is 0.0781 e. The van der Waals surface area contributed by atoms with E-state index in [1.807, 2.05) is 36.7 Å². The molecule has 11 heavy (non-hydrogen) atoms. The fourth-order valence-corrected chi connectivity index (χ4v) is 0.502. The summed E-state index contributed by atoms with van der Waals surface area (Å²) in [5.74, 6) is 0. The van der Waals surface area contributed by atoms with E-state index in [9.17, 15) is 0 Å². The van der Waals surface area contributed by atoms with Crippen molar-refractivity contribution in [3.05, 3.63) is 36.7 Å². The van der Waals surface area contributed by atoms with Crippen LogP contribution in [0.4, 0.5) is 0 Å². The van der Waals surface area contributed by atoms with Crippen LogP contribution in [-0.4, -0.2) is 12.7 Å². The maximum absolute atomic E-state index is 4.71. The second kappa shape index (κ2) is 4.74. The SMILES string of the molecule is C1=CC=CNC=C1.CC1CO1. The lowest BCUT2D eigenvalue weighted by atomic mass is 10.5. The van der Waals surface area contributed by atoms with Crippen LogP contribution in [0, 0.1) is 0 Å². The lowest BCUT2D eigenvalue weighted by Crippen LogP contribution is -1.87. The number of rotatable bonds is 0. The van der Waals surface area contributed by atoms with Crippen molar-refractivity contribution in [1.29, 1.82) is 0 Å². The Morgan fingerprint density at radius 1 is 1.18 bits per heavy atom. The molecule has 2 rings (SSSR count). The van der Waals surface area contributed by atoms with Crippen LogP contribution in [0.3, 0.4) is 0 Å². The first-order valence-electron chi connectivity index (χ1n) is 3.75. The van der Waals surface area contributed by atoms with E-state index in [1.165, 1.54) is 0 Å². The Morgan fingerprint density at radius 2 is 1.64 bits per heavy atom. The molecule has 0 aromatic heterocycles. The van der Waals surface area contributed by atoms with Crippen LogP contribution >= 0.6 is 0 Å². The molecule has 1 fully saturated rings. The van der Waals surface area contributed by atoms with Gasteiger partial charge in [0, 0.05) is 12.4 Å². The van der Waals surface area contributed by atoms with Crippen LogP contribution in [0.2, 0.25) is 0 Å². The van der Waals surface area contributed by atoms with E-state index in [0.29, 0.717) is 6.10 Å². The zero-order valence-corrected chi connectivity index (χ0v) is 6.66. The minimum atomic E-state index is 0.583. The summed E-state index contributed by atoms with van der Waals surface area (Å²) in [6.45, 7) is 3.04. The third-order valence-electron chi connectivity index (χ3n) is 1.22. The fourth-order valence-electron chi connectivity index (χ4n) is 0.502. The Labute approximate surface area is 67.2 Å². The monoisotopic (exact) mass is 151 g/mol. The van der Waals surface area contributed by atoms with Crippen molar-refractivity contribution in [2.24, 2.45) is 0 Å². The minimum Gasteiger partial charge on any atom is -0.373 e. The molecule has 0 aromatic carbocycles. The van der Waals surface area contributed by atoms with Gasteiger partial charge in [-0.25, -0.2) is 0 Å². The summed E-state index contributed by atoms with van der Waals surface area (Å²) >= 11 is 0. The van der Waals surface area contributed by atoms with Gasteiger partial charge in [-0.15, -0.1) is 0 Å². The number of epoxide rings is 1. The van der Waals surface area contributed by atoms with Gasteiger partial charge in [0.1, 0.15) is 0 Å². The molecule has 1 atom stereocenters. The minimum absolute atomic E-state index is 0.583. The van der Waals surface area contributed by atoms with E-state index in [-0.39, 0.29) is 0 Å². The summed E-state index contributed by atoms with van der Waals surface area (Å²) < 4.78 is 4.71. The summed E-state index contributed by atoms with van der Waals surface area (Å²) in [5.41, 5.74) is 0.